The molecule has 1 aliphatic rings. The van der Waals surface area contributed by atoms with Gasteiger partial charge in [-0.25, -0.2) is 0 Å². The van der Waals surface area contributed by atoms with E-state index in [1.165, 1.54) is 0 Å². The maximum absolute atomic E-state index is 12.5. The molecule has 2 amide bonds. The first kappa shape index (κ1) is 16.9. The minimum atomic E-state index is -0.526. The van der Waals surface area contributed by atoms with Crippen molar-refractivity contribution in [1.82, 2.24) is 10.2 Å². The van der Waals surface area contributed by atoms with Gasteiger partial charge in [0.2, 0.25) is 0 Å². The lowest BCUT2D eigenvalue weighted by Gasteiger charge is -2.28. The zero-order valence-corrected chi connectivity index (χ0v) is 13.6. The standard InChI is InChI=1S/C17H22N2O4/c1-11(2)18-16(21)15-14(20)8-9-19(17(15)22)10-12-4-6-13(23-3)7-5-12/h4-7,11,20H,8-10H2,1-3H3,(H,18,21). The maximum atomic E-state index is 12.5. The van der Waals surface area contributed by atoms with Crippen LogP contribution in [0, 0.1) is 0 Å². The summed E-state index contributed by atoms with van der Waals surface area (Å²) in [4.78, 5) is 26.2. The highest BCUT2D eigenvalue weighted by molar-refractivity contribution is 6.19. The normalized spacial score (nSPS) is 15.1. The topological polar surface area (TPSA) is 78.9 Å². The Bertz CT molecular complexity index is 620. The highest BCUT2D eigenvalue weighted by atomic mass is 16.5. The Hall–Kier alpha value is -2.50. The van der Waals surface area contributed by atoms with E-state index in [-0.39, 0.29) is 23.8 Å². The van der Waals surface area contributed by atoms with Gasteiger partial charge in [-0.3, -0.25) is 9.59 Å². The number of benzene rings is 1. The number of ether oxygens (including phenoxy) is 1. The number of methoxy groups -OCH3 is 1. The number of amides is 2. The van der Waals surface area contributed by atoms with E-state index < -0.39 is 11.8 Å². The van der Waals surface area contributed by atoms with Crippen molar-refractivity contribution in [3.05, 3.63) is 41.2 Å². The van der Waals surface area contributed by atoms with Crippen LogP contribution in [0.15, 0.2) is 35.6 Å². The van der Waals surface area contributed by atoms with Gasteiger partial charge in [-0.2, -0.15) is 0 Å². The van der Waals surface area contributed by atoms with Crippen LogP contribution in [0.1, 0.15) is 25.8 Å². The van der Waals surface area contributed by atoms with E-state index in [0.717, 1.165) is 11.3 Å². The van der Waals surface area contributed by atoms with Crippen molar-refractivity contribution >= 4 is 11.8 Å². The molecular weight excluding hydrogens is 296 g/mol. The molecule has 23 heavy (non-hydrogen) atoms. The Morgan fingerprint density at radius 3 is 2.57 bits per heavy atom. The van der Waals surface area contributed by atoms with Gasteiger partial charge in [-0.15, -0.1) is 0 Å². The van der Waals surface area contributed by atoms with Crippen molar-refractivity contribution in [3.8, 4) is 5.75 Å². The van der Waals surface area contributed by atoms with Crippen molar-refractivity contribution in [3.63, 3.8) is 0 Å². The van der Waals surface area contributed by atoms with Gasteiger partial charge < -0.3 is 20.1 Å². The van der Waals surface area contributed by atoms with Gasteiger partial charge in [0.25, 0.3) is 11.8 Å². The highest BCUT2D eigenvalue weighted by Gasteiger charge is 2.32. The molecule has 124 valence electrons. The lowest BCUT2D eigenvalue weighted by atomic mass is 10.0. The monoisotopic (exact) mass is 318 g/mol. The molecule has 1 aliphatic heterocycles. The molecule has 0 spiro atoms. The molecule has 0 saturated carbocycles. The number of aliphatic hydroxyl groups is 1. The van der Waals surface area contributed by atoms with Crippen LogP contribution in [0.3, 0.4) is 0 Å². The molecule has 0 aromatic heterocycles. The predicted molar refractivity (Wildman–Crippen MR) is 86.0 cm³/mol. The van der Waals surface area contributed by atoms with Gasteiger partial charge in [0, 0.05) is 25.6 Å². The SMILES string of the molecule is COc1ccc(CN2CCC(O)=C(C(=O)NC(C)C)C2=O)cc1. The largest absolute Gasteiger partial charge is 0.511 e. The Morgan fingerprint density at radius 2 is 2.00 bits per heavy atom. The van der Waals surface area contributed by atoms with E-state index in [4.69, 9.17) is 4.74 Å². The van der Waals surface area contributed by atoms with Crippen LogP contribution in [0.25, 0.3) is 0 Å². The first-order valence-electron chi connectivity index (χ1n) is 7.57. The summed E-state index contributed by atoms with van der Waals surface area (Å²) in [6.45, 7) is 4.37. The number of carbonyl (C=O) groups excluding carboxylic acids is 2. The van der Waals surface area contributed by atoms with Crippen LogP contribution in [-0.4, -0.2) is 41.5 Å². The van der Waals surface area contributed by atoms with Crippen LogP contribution in [0.5, 0.6) is 5.75 Å². The van der Waals surface area contributed by atoms with E-state index in [1.807, 2.05) is 24.3 Å². The lowest BCUT2D eigenvalue weighted by Crippen LogP contribution is -2.43. The third-order valence-corrected chi connectivity index (χ3v) is 3.59. The fourth-order valence-electron chi connectivity index (χ4n) is 2.41. The molecule has 1 aromatic rings. The smallest absolute Gasteiger partial charge is 0.263 e. The molecule has 1 aromatic carbocycles. The number of nitrogens with one attached hydrogen (secondary N) is 1. The molecule has 0 unspecified atom stereocenters. The fourth-order valence-corrected chi connectivity index (χ4v) is 2.41. The molecule has 2 rings (SSSR count). The van der Waals surface area contributed by atoms with Gasteiger partial charge >= 0.3 is 0 Å². The summed E-state index contributed by atoms with van der Waals surface area (Å²) in [5.74, 6) is -0.364. The molecule has 0 bridgehead atoms. The second kappa shape index (κ2) is 7.17. The minimum absolute atomic E-state index is 0.104. The number of carbonyl (C=O) groups is 2. The summed E-state index contributed by atoms with van der Waals surface area (Å²) in [6, 6.07) is 7.29. The van der Waals surface area contributed by atoms with Crippen molar-refractivity contribution in [1.29, 1.82) is 0 Å². The summed E-state index contributed by atoms with van der Waals surface area (Å²) in [6.07, 6.45) is 0.280. The van der Waals surface area contributed by atoms with Crippen LogP contribution < -0.4 is 10.1 Å². The Balaban J connectivity index is 2.13. The van der Waals surface area contributed by atoms with E-state index in [9.17, 15) is 14.7 Å². The molecule has 0 atom stereocenters. The van der Waals surface area contributed by atoms with Crippen molar-refractivity contribution in [2.24, 2.45) is 0 Å². The van der Waals surface area contributed by atoms with Gasteiger partial charge in [-0.1, -0.05) is 12.1 Å². The number of hydrogen-bond donors (Lipinski definition) is 2. The zero-order valence-electron chi connectivity index (χ0n) is 13.6. The summed E-state index contributed by atoms with van der Waals surface area (Å²) in [5, 5.41) is 12.6. The number of aliphatic hydroxyl groups excluding tert-OH is 1. The number of rotatable bonds is 5. The van der Waals surface area contributed by atoms with E-state index in [2.05, 4.69) is 5.32 Å². The second-order valence-electron chi connectivity index (χ2n) is 5.77. The van der Waals surface area contributed by atoms with Crippen LogP contribution >= 0.6 is 0 Å². The minimum Gasteiger partial charge on any atom is -0.511 e. The second-order valence-corrected chi connectivity index (χ2v) is 5.77. The van der Waals surface area contributed by atoms with Crippen molar-refractivity contribution < 1.29 is 19.4 Å². The van der Waals surface area contributed by atoms with E-state index in [0.29, 0.717) is 13.1 Å². The molecule has 2 N–H and O–H groups in total. The van der Waals surface area contributed by atoms with Gasteiger partial charge in [0.1, 0.15) is 17.1 Å². The average molecular weight is 318 g/mol. The molecule has 6 nitrogen and oxygen atoms in total. The average Bonchev–Trinajstić information content (AvgIpc) is 2.50. The third-order valence-electron chi connectivity index (χ3n) is 3.59. The Kier molecular flexibility index (Phi) is 5.26. The van der Waals surface area contributed by atoms with Crippen molar-refractivity contribution in [2.75, 3.05) is 13.7 Å². The summed E-state index contributed by atoms with van der Waals surface area (Å²) < 4.78 is 5.11. The predicted octanol–water partition coefficient (Wildman–Crippen LogP) is 1.76. The number of nitrogens with zero attached hydrogens (tertiary/aromatic N) is 1. The number of hydrogen-bond acceptors (Lipinski definition) is 4. The van der Waals surface area contributed by atoms with E-state index >= 15 is 0 Å². The Labute approximate surface area is 135 Å². The Morgan fingerprint density at radius 1 is 1.35 bits per heavy atom. The van der Waals surface area contributed by atoms with Gasteiger partial charge in [0.05, 0.1) is 7.11 Å². The molecule has 0 radical (unpaired) electrons. The molecule has 0 fully saturated rings. The maximum Gasteiger partial charge on any atom is 0.263 e. The van der Waals surface area contributed by atoms with Crippen LogP contribution in [0.2, 0.25) is 0 Å². The summed E-state index contributed by atoms with van der Waals surface area (Å²) >= 11 is 0. The summed E-state index contributed by atoms with van der Waals surface area (Å²) in [5.41, 5.74) is 0.780. The lowest BCUT2D eigenvalue weighted by molar-refractivity contribution is -0.132. The fraction of sp³-hybridized carbons (Fsp3) is 0.412. The summed E-state index contributed by atoms with van der Waals surface area (Å²) in [7, 11) is 1.59. The van der Waals surface area contributed by atoms with Crippen molar-refractivity contribution in [2.45, 2.75) is 32.9 Å². The van der Waals surface area contributed by atoms with E-state index in [1.54, 1.807) is 25.9 Å². The molecule has 0 aliphatic carbocycles. The van der Waals surface area contributed by atoms with Crippen LogP contribution in [-0.2, 0) is 16.1 Å². The highest BCUT2D eigenvalue weighted by Crippen LogP contribution is 2.21. The van der Waals surface area contributed by atoms with Crippen LogP contribution in [0.4, 0.5) is 0 Å². The quantitative estimate of drug-likeness (QED) is 0.811. The van der Waals surface area contributed by atoms with Gasteiger partial charge in [0.15, 0.2) is 0 Å². The first-order valence-corrected chi connectivity index (χ1v) is 7.57. The molecular formula is C17H22N2O4. The third kappa shape index (κ3) is 4.03. The zero-order chi connectivity index (χ0) is 17.0. The molecule has 0 saturated heterocycles. The molecule has 1 heterocycles. The molecule has 6 heteroatoms. The first-order chi connectivity index (χ1) is 10.9. The van der Waals surface area contributed by atoms with Gasteiger partial charge in [-0.05, 0) is 31.5 Å².